The van der Waals surface area contributed by atoms with Gasteiger partial charge >= 0.3 is 5.97 Å². The standard InChI is InChI=1S/C16H25NO4/c1-5-16(17,15(18)21-8-4)12-9-10-13(19-6-2)14(11-12)20-7-3/h9-11H,5-8,17H2,1-4H3. The molecule has 1 atom stereocenters. The van der Waals surface area contributed by atoms with Crippen LogP contribution < -0.4 is 15.2 Å². The zero-order valence-corrected chi connectivity index (χ0v) is 13.3. The van der Waals surface area contributed by atoms with Crippen LogP contribution in [0.4, 0.5) is 0 Å². The Labute approximate surface area is 126 Å². The van der Waals surface area contributed by atoms with E-state index in [0.717, 1.165) is 0 Å². The summed E-state index contributed by atoms with van der Waals surface area (Å²) in [5, 5.41) is 0. The van der Waals surface area contributed by atoms with Gasteiger partial charge < -0.3 is 19.9 Å². The molecule has 5 nitrogen and oxygen atoms in total. The maximum absolute atomic E-state index is 12.2. The fourth-order valence-corrected chi connectivity index (χ4v) is 2.05. The van der Waals surface area contributed by atoms with Gasteiger partial charge in [-0.05, 0) is 44.9 Å². The molecule has 21 heavy (non-hydrogen) atoms. The molecule has 1 aromatic rings. The molecule has 0 amide bonds. The highest BCUT2D eigenvalue weighted by Gasteiger charge is 2.36. The van der Waals surface area contributed by atoms with Gasteiger partial charge in [0.15, 0.2) is 11.5 Å². The third-order valence-corrected chi connectivity index (χ3v) is 3.26. The molecule has 0 bridgehead atoms. The minimum absolute atomic E-state index is 0.299. The van der Waals surface area contributed by atoms with Gasteiger partial charge in [-0.15, -0.1) is 0 Å². The van der Waals surface area contributed by atoms with Crippen molar-refractivity contribution in [3.05, 3.63) is 23.8 Å². The molecule has 0 saturated carbocycles. The van der Waals surface area contributed by atoms with Crippen molar-refractivity contribution in [1.29, 1.82) is 0 Å². The van der Waals surface area contributed by atoms with Crippen LogP contribution in [0.15, 0.2) is 18.2 Å². The second-order valence-electron chi connectivity index (χ2n) is 4.57. The fraction of sp³-hybridized carbons (Fsp3) is 0.562. The molecule has 0 aliphatic carbocycles. The summed E-state index contributed by atoms with van der Waals surface area (Å²) in [6.45, 7) is 8.76. The first-order chi connectivity index (χ1) is 10.0. The molecule has 5 heteroatoms. The number of esters is 1. The molecule has 1 unspecified atom stereocenters. The van der Waals surface area contributed by atoms with Crippen molar-refractivity contribution >= 4 is 5.97 Å². The average Bonchev–Trinajstić information content (AvgIpc) is 2.49. The molecule has 0 aliphatic heterocycles. The average molecular weight is 295 g/mol. The highest BCUT2D eigenvalue weighted by molar-refractivity contribution is 5.82. The summed E-state index contributed by atoms with van der Waals surface area (Å²) in [7, 11) is 0. The molecule has 0 aromatic heterocycles. The van der Waals surface area contributed by atoms with Crippen LogP contribution in [0, 0.1) is 0 Å². The molecule has 0 spiro atoms. The van der Waals surface area contributed by atoms with E-state index in [1.165, 1.54) is 0 Å². The highest BCUT2D eigenvalue weighted by Crippen LogP contribution is 2.33. The van der Waals surface area contributed by atoms with Gasteiger partial charge in [0.2, 0.25) is 0 Å². The molecule has 2 N–H and O–H groups in total. The Kier molecular flexibility index (Phi) is 6.49. The quantitative estimate of drug-likeness (QED) is 0.746. The van der Waals surface area contributed by atoms with E-state index in [2.05, 4.69) is 0 Å². The van der Waals surface area contributed by atoms with Gasteiger partial charge in [0.25, 0.3) is 0 Å². The SMILES string of the molecule is CCOC(=O)C(N)(CC)c1ccc(OCC)c(OCC)c1. The zero-order chi connectivity index (χ0) is 15.9. The van der Waals surface area contributed by atoms with E-state index in [4.69, 9.17) is 19.9 Å². The molecular weight excluding hydrogens is 270 g/mol. The number of carbonyl (C=O) groups excluding carboxylic acids is 1. The molecule has 0 heterocycles. The van der Waals surface area contributed by atoms with Crippen LogP contribution >= 0.6 is 0 Å². The smallest absolute Gasteiger partial charge is 0.330 e. The number of hydrogen-bond donors (Lipinski definition) is 1. The van der Waals surface area contributed by atoms with Crippen molar-refractivity contribution in [2.75, 3.05) is 19.8 Å². The van der Waals surface area contributed by atoms with E-state index in [1.807, 2.05) is 20.8 Å². The summed E-state index contributed by atoms with van der Waals surface area (Å²) in [4.78, 5) is 12.2. The van der Waals surface area contributed by atoms with Gasteiger partial charge in [-0.1, -0.05) is 13.0 Å². The lowest BCUT2D eigenvalue weighted by Crippen LogP contribution is -2.45. The summed E-state index contributed by atoms with van der Waals surface area (Å²) in [6.07, 6.45) is 0.436. The number of benzene rings is 1. The highest BCUT2D eigenvalue weighted by atomic mass is 16.5. The van der Waals surface area contributed by atoms with E-state index >= 15 is 0 Å². The molecule has 0 saturated heterocycles. The van der Waals surface area contributed by atoms with Crippen LogP contribution in [0.25, 0.3) is 0 Å². The second-order valence-corrected chi connectivity index (χ2v) is 4.57. The zero-order valence-electron chi connectivity index (χ0n) is 13.3. The fourth-order valence-electron chi connectivity index (χ4n) is 2.05. The van der Waals surface area contributed by atoms with Crippen LogP contribution in [-0.4, -0.2) is 25.8 Å². The van der Waals surface area contributed by atoms with Gasteiger partial charge in [-0.25, -0.2) is 4.79 Å². The topological polar surface area (TPSA) is 70.8 Å². The first-order valence-corrected chi connectivity index (χ1v) is 7.39. The van der Waals surface area contributed by atoms with Gasteiger partial charge in [0.05, 0.1) is 19.8 Å². The Morgan fingerprint density at radius 3 is 2.19 bits per heavy atom. The predicted octanol–water partition coefficient (Wildman–Crippen LogP) is 2.61. The van der Waals surface area contributed by atoms with Crippen LogP contribution in [-0.2, 0) is 15.1 Å². The third kappa shape index (κ3) is 3.88. The maximum Gasteiger partial charge on any atom is 0.330 e. The van der Waals surface area contributed by atoms with Crippen LogP contribution in [0.3, 0.4) is 0 Å². The van der Waals surface area contributed by atoms with E-state index in [0.29, 0.717) is 43.3 Å². The van der Waals surface area contributed by atoms with E-state index in [-0.39, 0.29) is 0 Å². The molecule has 0 aliphatic rings. The maximum atomic E-state index is 12.2. The van der Waals surface area contributed by atoms with E-state index < -0.39 is 11.5 Å². The number of rotatable bonds is 8. The minimum atomic E-state index is -1.17. The molecule has 1 rings (SSSR count). The van der Waals surface area contributed by atoms with Crippen LogP contribution in [0.1, 0.15) is 39.7 Å². The molecule has 1 aromatic carbocycles. The Morgan fingerprint density at radius 2 is 1.67 bits per heavy atom. The largest absolute Gasteiger partial charge is 0.490 e. The second kappa shape index (κ2) is 7.88. The number of nitrogens with two attached hydrogens (primary N) is 1. The molecular formula is C16H25NO4. The van der Waals surface area contributed by atoms with Gasteiger partial charge in [-0.2, -0.15) is 0 Å². The Morgan fingerprint density at radius 1 is 1.05 bits per heavy atom. The monoisotopic (exact) mass is 295 g/mol. The summed E-state index contributed by atoms with van der Waals surface area (Å²) < 4.78 is 16.2. The Hall–Kier alpha value is -1.75. The minimum Gasteiger partial charge on any atom is -0.490 e. The number of carbonyl (C=O) groups is 1. The van der Waals surface area contributed by atoms with Crippen molar-refractivity contribution in [3.8, 4) is 11.5 Å². The first kappa shape index (κ1) is 17.3. The lowest BCUT2D eigenvalue weighted by Gasteiger charge is -2.27. The first-order valence-electron chi connectivity index (χ1n) is 7.39. The van der Waals surface area contributed by atoms with Crippen molar-refractivity contribution < 1.29 is 19.0 Å². The van der Waals surface area contributed by atoms with Crippen molar-refractivity contribution in [2.45, 2.75) is 39.7 Å². The normalized spacial score (nSPS) is 13.4. The number of ether oxygens (including phenoxy) is 3. The van der Waals surface area contributed by atoms with Crippen LogP contribution in [0.5, 0.6) is 11.5 Å². The third-order valence-electron chi connectivity index (χ3n) is 3.26. The van der Waals surface area contributed by atoms with Crippen molar-refractivity contribution in [1.82, 2.24) is 0 Å². The van der Waals surface area contributed by atoms with Crippen LogP contribution in [0.2, 0.25) is 0 Å². The Bertz CT molecular complexity index is 475. The molecule has 118 valence electrons. The summed E-state index contributed by atoms with van der Waals surface area (Å²) >= 11 is 0. The van der Waals surface area contributed by atoms with Gasteiger partial charge in [0, 0.05) is 0 Å². The van der Waals surface area contributed by atoms with Crippen molar-refractivity contribution in [2.24, 2.45) is 5.73 Å². The molecule has 0 fully saturated rings. The van der Waals surface area contributed by atoms with E-state index in [1.54, 1.807) is 25.1 Å². The molecule has 0 radical (unpaired) electrons. The van der Waals surface area contributed by atoms with Gasteiger partial charge in [-0.3, -0.25) is 0 Å². The number of hydrogen-bond acceptors (Lipinski definition) is 5. The summed E-state index contributed by atoms with van der Waals surface area (Å²) in [6, 6.07) is 5.32. The summed E-state index contributed by atoms with van der Waals surface area (Å²) in [5.41, 5.74) is 5.75. The summed E-state index contributed by atoms with van der Waals surface area (Å²) in [5.74, 6) is 0.800. The van der Waals surface area contributed by atoms with Gasteiger partial charge in [0.1, 0.15) is 5.54 Å². The lowest BCUT2D eigenvalue weighted by molar-refractivity contribution is -0.150. The lowest BCUT2D eigenvalue weighted by atomic mass is 9.88. The van der Waals surface area contributed by atoms with E-state index in [9.17, 15) is 4.79 Å². The van der Waals surface area contributed by atoms with Crippen molar-refractivity contribution in [3.63, 3.8) is 0 Å². The predicted molar refractivity (Wildman–Crippen MR) is 81.6 cm³/mol. The Balaban J connectivity index is 3.21.